The van der Waals surface area contributed by atoms with Crippen molar-refractivity contribution in [3.05, 3.63) is 120 Å². The lowest BCUT2D eigenvalue weighted by atomic mass is 10.0. The van der Waals surface area contributed by atoms with Crippen molar-refractivity contribution in [3.63, 3.8) is 0 Å². The second kappa shape index (κ2) is 46.2. The minimum Gasteiger partial charge on any atom is -0.508 e. The molecular weight excluding hydrogens is 1490 g/mol. The highest BCUT2D eigenvalue weighted by Gasteiger charge is 2.41. The van der Waals surface area contributed by atoms with Gasteiger partial charge in [-0.3, -0.25) is 72.5 Å². The number of phenolic OH excluding ortho intramolecular Hbond substituents is 1. The predicted molar refractivity (Wildman–Crippen MR) is 408 cm³/mol. The fourth-order valence-corrected chi connectivity index (χ4v) is 11.9. The Bertz CT molecular complexity index is 3850. The molecule has 604 valence electrons. The highest BCUT2D eigenvalue weighted by atomic mass is 32.1. The van der Waals surface area contributed by atoms with Crippen LogP contribution < -0.4 is 86.3 Å². The van der Waals surface area contributed by atoms with Crippen LogP contribution in [0.25, 0.3) is 0 Å². The first-order chi connectivity index (χ1) is 52.7. The van der Waals surface area contributed by atoms with Crippen LogP contribution in [-0.2, 0) is 97.6 Å². The molecule has 0 bridgehead atoms. The minimum absolute atomic E-state index is 0.0385. The van der Waals surface area contributed by atoms with Crippen molar-refractivity contribution in [1.29, 1.82) is 5.41 Å². The number of aromatic hydroxyl groups is 1. The zero-order valence-electron chi connectivity index (χ0n) is 61.5. The second-order valence-corrected chi connectivity index (χ2v) is 27.4. The van der Waals surface area contributed by atoms with E-state index >= 15 is 0 Å². The van der Waals surface area contributed by atoms with Crippen LogP contribution in [0.1, 0.15) is 88.1 Å². The summed E-state index contributed by atoms with van der Waals surface area (Å²) in [7, 11) is 0. The van der Waals surface area contributed by atoms with Crippen molar-refractivity contribution in [3.8, 4) is 5.75 Å². The molecular formula is C71H100N20O18S2. The Balaban J connectivity index is 1.22. The number of primary amides is 1. The Morgan fingerprint density at radius 1 is 0.559 bits per heavy atom. The van der Waals surface area contributed by atoms with Gasteiger partial charge in [-0.15, -0.1) is 0 Å². The van der Waals surface area contributed by atoms with E-state index < -0.39 is 187 Å². The fourth-order valence-electron chi connectivity index (χ4n) is 11.4. The van der Waals surface area contributed by atoms with Crippen LogP contribution in [0.15, 0.2) is 97.5 Å². The van der Waals surface area contributed by atoms with E-state index in [1.165, 1.54) is 41.7 Å². The van der Waals surface area contributed by atoms with Gasteiger partial charge in [0.15, 0.2) is 5.96 Å². The number of carbonyl (C=O) groups is 15. The van der Waals surface area contributed by atoms with Crippen LogP contribution in [0.3, 0.4) is 0 Å². The number of aromatic amines is 1. The predicted octanol–water partition coefficient (Wildman–Crippen LogP) is -5.68. The summed E-state index contributed by atoms with van der Waals surface area (Å²) in [5, 5.41) is 70.3. The van der Waals surface area contributed by atoms with Crippen LogP contribution >= 0.6 is 25.3 Å². The van der Waals surface area contributed by atoms with Crippen molar-refractivity contribution in [2.24, 2.45) is 23.1 Å². The van der Waals surface area contributed by atoms with Gasteiger partial charge in [-0.2, -0.15) is 25.3 Å². The number of carbonyl (C=O) groups excluding carboxylic acids is 14. The average molecular weight is 1590 g/mol. The van der Waals surface area contributed by atoms with Gasteiger partial charge in [0, 0.05) is 68.6 Å². The number of aliphatic carboxylic acids is 1. The quantitative estimate of drug-likeness (QED) is 0.00848. The van der Waals surface area contributed by atoms with Crippen molar-refractivity contribution in [2.45, 2.75) is 164 Å². The third-order valence-electron chi connectivity index (χ3n) is 17.3. The van der Waals surface area contributed by atoms with Gasteiger partial charge in [0.05, 0.1) is 38.1 Å². The number of carboxylic acid groups (broad SMARTS) is 1. The lowest BCUT2D eigenvalue weighted by molar-refractivity contribution is -0.144. The van der Waals surface area contributed by atoms with E-state index in [-0.39, 0.29) is 101 Å². The molecule has 40 heteroatoms. The van der Waals surface area contributed by atoms with E-state index in [9.17, 15) is 87.2 Å². The number of hydrogen-bond acceptors (Lipinski definition) is 22. The van der Waals surface area contributed by atoms with E-state index in [1.54, 1.807) is 74.5 Å². The molecule has 0 spiro atoms. The largest absolute Gasteiger partial charge is 0.508 e. The molecule has 12 atom stereocenters. The maximum atomic E-state index is 14.4. The Kier molecular flexibility index (Phi) is 37.6. The van der Waals surface area contributed by atoms with E-state index in [2.05, 4.69) is 104 Å². The smallest absolute Gasteiger partial charge is 0.327 e. The lowest BCUT2D eigenvalue weighted by Gasteiger charge is -2.30. The lowest BCUT2D eigenvalue weighted by Crippen LogP contribution is -2.61. The molecule has 1 aliphatic rings. The molecule has 5 rings (SSSR count). The van der Waals surface area contributed by atoms with E-state index in [4.69, 9.17) is 22.6 Å². The monoisotopic (exact) mass is 1580 g/mol. The number of guanidine groups is 1. The van der Waals surface area contributed by atoms with E-state index in [0.717, 1.165) is 6.92 Å². The number of thiol groups is 2. The SMILES string of the molecule is CC(C)C[C@H](NC(=O)CNC(=O)CNC(=O)[C@H](Cc1ccccc1)NC(=O)[C@H](Cc1cnc[nH]1)NC(=O)CNC(=O)[C@@H](NC(=O)[C@H](CS)NC(=O)[C@H](Cc1ccccc1)NC(=O)[C@H](CCCNC(=N)N)NC(=O)[C@@H](N)CCC(N)=O)[C@@H](C)O)C(=O)N[C@@H](Cc1ccc(O)cc1)C(=O)N1CCC[C@H]1C(=O)N[C@@H](CS)C(=O)O. The standard InChI is InChI=1S/C71H100N20O18S2/c1-38(2)26-47(63(101)87-51(29-42-18-20-44(93)21-19-42)69(107)91-25-11-17-54(91)67(105)89-53(36-111)70(108)109)82-57(96)33-78-56(95)32-79-61(99)48(27-40-12-6-4-7-13-40)85-65(103)50(30-43-31-76-37-81-43)83-58(97)34-80-68(106)59(39(3)92)90-66(104)52(35-110)88-64(102)49(28-41-14-8-5-9-15-41)86-62(100)46(16-10-24-77-71(74)75)84-60(98)45(72)22-23-55(73)94/h4-9,12-15,18-21,31,37-39,45-54,59,92-93,110-111H,10-11,16-17,22-30,32-36,72H2,1-3H3,(H2,73,94)(H,76,81)(H,78,95)(H,79,99)(H,80,106)(H,82,96)(H,83,97)(H,84,98)(H,85,103)(H,86,100)(H,87,101)(H,88,102)(H,89,105)(H,90,104)(H,108,109)(H4,74,75,77)/t39-,45+,46+,47+,48+,49+,50+,51+,52+,53+,54+,59+/m1/s1. The molecule has 1 fully saturated rings. The third-order valence-corrected chi connectivity index (χ3v) is 18.0. The summed E-state index contributed by atoms with van der Waals surface area (Å²) in [6, 6.07) is 7.14. The molecule has 24 N–H and O–H groups in total. The van der Waals surface area contributed by atoms with Gasteiger partial charge in [-0.05, 0) is 80.2 Å². The molecule has 14 amide bonds. The van der Waals surface area contributed by atoms with Crippen LogP contribution in [-0.4, -0.2) is 242 Å². The van der Waals surface area contributed by atoms with Gasteiger partial charge < -0.3 is 112 Å². The Morgan fingerprint density at radius 3 is 1.60 bits per heavy atom. The summed E-state index contributed by atoms with van der Waals surface area (Å²) in [6.45, 7) is 2.54. The van der Waals surface area contributed by atoms with Crippen molar-refractivity contribution < 1.29 is 87.2 Å². The number of likely N-dealkylation sites (tertiary alicyclic amines) is 1. The normalized spacial score (nSPS) is 15.4. The van der Waals surface area contributed by atoms with Gasteiger partial charge in [0.1, 0.15) is 66.2 Å². The molecule has 1 saturated heterocycles. The van der Waals surface area contributed by atoms with Gasteiger partial charge in [-0.1, -0.05) is 86.6 Å². The first-order valence-corrected chi connectivity index (χ1v) is 36.9. The Labute approximate surface area is 650 Å². The zero-order chi connectivity index (χ0) is 81.9. The third kappa shape index (κ3) is 31.6. The molecule has 1 aromatic heterocycles. The van der Waals surface area contributed by atoms with Crippen molar-refractivity contribution in [1.82, 2.24) is 84.0 Å². The summed E-state index contributed by atoms with van der Waals surface area (Å²) >= 11 is 8.26. The Morgan fingerprint density at radius 2 is 1.05 bits per heavy atom. The summed E-state index contributed by atoms with van der Waals surface area (Å²) < 4.78 is 0. The molecule has 3 aromatic carbocycles. The molecule has 0 saturated carbocycles. The van der Waals surface area contributed by atoms with Gasteiger partial charge in [-0.25, -0.2) is 9.78 Å². The number of imidazole rings is 1. The second-order valence-electron chi connectivity index (χ2n) is 26.7. The number of aromatic nitrogens is 2. The van der Waals surface area contributed by atoms with Crippen molar-refractivity contribution in [2.75, 3.05) is 44.2 Å². The molecule has 1 aliphatic heterocycles. The zero-order valence-corrected chi connectivity index (χ0v) is 63.2. The topological polar surface area (TPSA) is 607 Å². The van der Waals surface area contributed by atoms with Crippen LogP contribution in [0.2, 0.25) is 0 Å². The molecule has 2 heterocycles. The molecule has 0 unspecified atom stereocenters. The maximum absolute atomic E-state index is 14.4. The number of aliphatic hydroxyl groups excluding tert-OH is 1. The molecule has 0 radical (unpaired) electrons. The number of nitrogens with two attached hydrogens (primary N) is 3. The average Bonchev–Trinajstić information content (AvgIpc) is 1.74. The van der Waals surface area contributed by atoms with E-state index in [1.807, 2.05) is 0 Å². The Hall–Kier alpha value is -11.4. The number of hydrogen-bond donors (Lipinski definition) is 23. The number of phenols is 1. The molecule has 4 aromatic rings. The first kappa shape index (κ1) is 90.2. The molecule has 38 nitrogen and oxygen atoms in total. The van der Waals surface area contributed by atoms with Crippen LogP contribution in [0, 0.1) is 11.3 Å². The number of nitrogens with zero attached hydrogens (tertiary/aromatic N) is 2. The molecule has 111 heavy (non-hydrogen) atoms. The number of carboxylic acids is 1. The fraction of sp³-hybridized carbons (Fsp3) is 0.479. The number of benzene rings is 3. The summed E-state index contributed by atoms with van der Waals surface area (Å²) in [5.74, 6) is -14.9. The number of H-pyrrole nitrogens is 1. The summed E-state index contributed by atoms with van der Waals surface area (Å²) in [4.78, 5) is 211. The minimum atomic E-state index is -1.80. The number of nitrogens with one attached hydrogen (secondary N) is 15. The highest BCUT2D eigenvalue weighted by Crippen LogP contribution is 2.22. The van der Waals surface area contributed by atoms with E-state index in [0.29, 0.717) is 28.8 Å². The van der Waals surface area contributed by atoms with Gasteiger partial charge >= 0.3 is 5.97 Å². The number of rotatable bonds is 46. The van der Waals surface area contributed by atoms with Crippen molar-refractivity contribution >= 4 is 120 Å². The van der Waals surface area contributed by atoms with Crippen LogP contribution in [0.5, 0.6) is 5.75 Å². The summed E-state index contributed by atoms with van der Waals surface area (Å²) in [6.07, 6.45) is 0.617. The molecule has 0 aliphatic carbocycles. The first-order valence-electron chi connectivity index (χ1n) is 35.7. The maximum Gasteiger partial charge on any atom is 0.327 e. The summed E-state index contributed by atoms with van der Waals surface area (Å²) in [5.41, 5.74) is 18.5. The van der Waals surface area contributed by atoms with Crippen LogP contribution in [0.4, 0.5) is 0 Å². The van der Waals surface area contributed by atoms with Gasteiger partial charge in [0.2, 0.25) is 82.7 Å². The number of aliphatic hydroxyl groups is 1. The number of amides is 14. The highest BCUT2D eigenvalue weighted by molar-refractivity contribution is 7.80. The van der Waals surface area contributed by atoms with Gasteiger partial charge in [0.25, 0.3) is 0 Å².